The van der Waals surface area contributed by atoms with Crippen molar-refractivity contribution in [2.75, 3.05) is 0 Å². The minimum Gasteiger partial charge on any atom is -0.309 e. The molecule has 1 aliphatic heterocycles. The van der Waals surface area contributed by atoms with E-state index >= 15 is 0 Å². The Morgan fingerprint density at radius 2 is 0.672 bits per heavy atom. The van der Waals surface area contributed by atoms with Crippen LogP contribution in [0.15, 0.2) is 237 Å². The molecule has 0 radical (unpaired) electrons. The molecule has 0 spiro atoms. The third kappa shape index (κ3) is 6.06. The van der Waals surface area contributed by atoms with E-state index < -0.39 is 9.52 Å². The molecule has 64 heavy (non-hydrogen) atoms. The zero-order valence-corrected chi connectivity index (χ0v) is 36.6. The molecule has 2 heteroatoms. The van der Waals surface area contributed by atoms with Crippen LogP contribution in [0.4, 0.5) is 0 Å². The van der Waals surface area contributed by atoms with Gasteiger partial charge in [0.25, 0.3) is 0 Å². The highest BCUT2D eigenvalue weighted by atomic mass is 28.2. The lowest BCUT2D eigenvalue weighted by molar-refractivity contribution is 1.18. The Labute approximate surface area is 375 Å². The van der Waals surface area contributed by atoms with E-state index in [2.05, 4.69) is 241 Å². The number of hydrogen-bond acceptors (Lipinski definition) is 0. The van der Waals surface area contributed by atoms with E-state index in [1.807, 2.05) is 0 Å². The van der Waals surface area contributed by atoms with Crippen LogP contribution in [-0.2, 0) is 0 Å². The lowest BCUT2D eigenvalue weighted by Gasteiger charge is -2.12. The topological polar surface area (TPSA) is 4.93 Å². The zero-order chi connectivity index (χ0) is 42.1. The fraction of sp³-hybridized carbons (Fsp3) is 0. The normalized spacial score (nSPS) is 12.4. The summed E-state index contributed by atoms with van der Waals surface area (Å²) in [4.78, 5) is 0. The molecule has 2 heterocycles. The molecule has 11 aromatic carbocycles. The monoisotopic (exact) mass is 827 g/mol. The second-order valence-electron chi connectivity index (χ2n) is 17.3. The van der Waals surface area contributed by atoms with Crippen molar-refractivity contribution in [2.45, 2.75) is 0 Å². The van der Waals surface area contributed by atoms with Crippen LogP contribution in [0.25, 0.3) is 116 Å². The van der Waals surface area contributed by atoms with Gasteiger partial charge in [-0.1, -0.05) is 211 Å². The van der Waals surface area contributed by atoms with Gasteiger partial charge in [0.2, 0.25) is 0 Å². The summed E-state index contributed by atoms with van der Waals surface area (Å²) in [5.74, 6) is 0. The SMILES string of the molecule is c1ccc(-c2ccc3c(c2)[SiH2]c2cc(-n4c5ccc(-c6ccc(-c7cccc8ccccc78)cc6)cc5c5cc(-c6ccc(-c7cccc8ccccc78)cc6)ccc54)ccc2-3)cc1. The van der Waals surface area contributed by atoms with Crippen molar-refractivity contribution in [3.8, 4) is 72.4 Å². The minimum absolute atomic E-state index is 0.665. The predicted molar refractivity (Wildman–Crippen MR) is 276 cm³/mol. The lowest BCUT2D eigenvalue weighted by Crippen LogP contribution is -2.21. The van der Waals surface area contributed by atoms with Crippen molar-refractivity contribution in [2.24, 2.45) is 0 Å². The summed E-state index contributed by atoms with van der Waals surface area (Å²) in [6.45, 7) is 0. The van der Waals surface area contributed by atoms with Crippen molar-refractivity contribution in [1.29, 1.82) is 0 Å². The first kappa shape index (κ1) is 36.6. The quantitative estimate of drug-likeness (QED) is 0.147. The molecule has 0 saturated heterocycles. The molecule has 0 atom stereocenters. The van der Waals surface area contributed by atoms with Gasteiger partial charge in [0.05, 0.1) is 20.6 Å². The second kappa shape index (κ2) is 14.8. The molecule has 0 amide bonds. The van der Waals surface area contributed by atoms with Crippen LogP contribution < -0.4 is 10.4 Å². The first-order valence-corrected chi connectivity index (χ1v) is 23.7. The van der Waals surface area contributed by atoms with Crippen molar-refractivity contribution >= 4 is 63.2 Å². The molecular formula is C62H41NSi. The van der Waals surface area contributed by atoms with Crippen LogP contribution in [0, 0.1) is 0 Å². The van der Waals surface area contributed by atoms with Gasteiger partial charge in [-0.25, -0.2) is 0 Å². The lowest BCUT2D eigenvalue weighted by atomic mass is 9.95. The highest BCUT2D eigenvalue weighted by molar-refractivity contribution is 6.73. The highest BCUT2D eigenvalue weighted by Crippen LogP contribution is 2.39. The summed E-state index contributed by atoms with van der Waals surface area (Å²) in [5.41, 5.74) is 18.9. The first-order chi connectivity index (χ1) is 31.7. The van der Waals surface area contributed by atoms with Crippen molar-refractivity contribution in [1.82, 2.24) is 4.57 Å². The Hall–Kier alpha value is -8.04. The van der Waals surface area contributed by atoms with Gasteiger partial charge >= 0.3 is 0 Å². The Bertz CT molecular complexity index is 3590. The average molecular weight is 828 g/mol. The van der Waals surface area contributed by atoms with E-state index in [1.165, 1.54) is 126 Å². The van der Waals surface area contributed by atoms with E-state index in [-0.39, 0.29) is 0 Å². The van der Waals surface area contributed by atoms with Crippen LogP contribution in [0.2, 0.25) is 0 Å². The van der Waals surface area contributed by atoms with Crippen LogP contribution >= 0.6 is 0 Å². The van der Waals surface area contributed by atoms with E-state index in [1.54, 1.807) is 0 Å². The number of rotatable bonds is 6. The maximum atomic E-state index is 2.50. The van der Waals surface area contributed by atoms with Gasteiger partial charge in [0, 0.05) is 16.5 Å². The molecular weight excluding hydrogens is 787 g/mol. The number of nitrogens with zero attached hydrogens (tertiary/aromatic N) is 1. The molecule has 1 aliphatic rings. The van der Waals surface area contributed by atoms with Crippen LogP contribution in [0.3, 0.4) is 0 Å². The fourth-order valence-electron chi connectivity index (χ4n) is 10.4. The zero-order valence-electron chi connectivity index (χ0n) is 35.2. The largest absolute Gasteiger partial charge is 0.309 e. The summed E-state index contributed by atoms with van der Waals surface area (Å²) in [6.07, 6.45) is 0. The summed E-state index contributed by atoms with van der Waals surface area (Å²) < 4.78 is 2.50. The molecule has 12 aromatic rings. The predicted octanol–water partition coefficient (Wildman–Crippen LogP) is 14.5. The van der Waals surface area contributed by atoms with E-state index in [0.29, 0.717) is 0 Å². The Balaban J connectivity index is 0.919. The molecule has 1 aromatic heterocycles. The van der Waals surface area contributed by atoms with Crippen molar-refractivity contribution < 1.29 is 0 Å². The maximum Gasteiger partial charge on any atom is 0.0892 e. The number of aromatic nitrogens is 1. The maximum absolute atomic E-state index is 2.50. The third-order valence-electron chi connectivity index (χ3n) is 13.6. The molecule has 0 bridgehead atoms. The fourth-order valence-corrected chi connectivity index (χ4v) is 12.5. The number of benzene rings is 11. The highest BCUT2D eigenvalue weighted by Gasteiger charge is 2.22. The molecule has 0 saturated carbocycles. The molecule has 298 valence electrons. The first-order valence-electron chi connectivity index (χ1n) is 22.3. The molecule has 0 N–H and O–H groups in total. The van der Waals surface area contributed by atoms with Gasteiger partial charge in [0.15, 0.2) is 0 Å². The van der Waals surface area contributed by atoms with Crippen LogP contribution in [0.1, 0.15) is 0 Å². The standard InChI is InChI=1S/C62H41NSi/c1-2-10-40(11-3-1)49-28-32-55-56-33-31-50(39-62(56)64-61(55)38-49)63-59-34-29-47(41-20-24-45(25-21-41)53-18-8-14-43-12-4-6-16-51(43)53)36-57(59)58-37-48(30-35-60(58)63)42-22-26-46(27-23-42)54-19-9-15-44-13-5-7-17-52(44)54/h1-39H,64H2. The van der Waals surface area contributed by atoms with Gasteiger partial charge in [-0.05, 0) is 125 Å². The molecule has 1 nitrogen and oxygen atoms in total. The Morgan fingerprint density at radius 1 is 0.250 bits per heavy atom. The number of hydrogen-bond donors (Lipinski definition) is 0. The Morgan fingerprint density at radius 3 is 1.25 bits per heavy atom. The van der Waals surface area contributed by atoms with Crippen molar-refractivity contribution in [3.05, 3.63) is 237 Å². The van der Waals surface area contributed by atoms with Crippen molar-refractivity contribution in [3.63, 3.8) is 0 Å². The minimum atomic E-state index is -0.665. The van der Waals surface area contributed by atoms with Crippen LogP contribution in [0.5, 0.6) is 0 Å². The van der Waals surface area contributed by atoms with Gasteiger partial charge in [-0.2, -0.15) is 0 Å². The smallest absolute Gasteiger partial charge is 0.0892 e. The van der Waals surface area contributed by atoms with E-state index in [4.69, 9.17) is 0 Å². The molecule has 0 fully saturated rings. The van der Waals surface area contributed by atoms with Crippen LogP contribution in [-0.4, -0.2) is 14.1 Å². The van der Waals surface area contributed by atoms with Gasteiger partial charge in [0.1, 0.15) is 0 Å². The summed E-state index contributed by atoms with van der Waals surface area (Å²) in [6, 6.07) is 87.9. The third-order valence-corrected chi connectivity index (χ3v) is 15.6. The van der Waals surface area contributed by atoms with Gasteiger partial charge in [-0.15, -0.1) is 0 Å². The summed E-state index contributed by atoms with van der Waals surface area (Å²) in [5, 5.41) is 10.6. The molecule has 13 rings (SSSR count). The summed E-state index contributed by atoms with van der Waals surface area (Å²) in [7, 11) is -0.665. The molecule has 0 aliphatic carbocycles. The molecule has 0 unspecified atom stereocenters. The van der Waals surface area contributed by atoms with E-state index in [9.17, 15) is 0 Å². The Kier molecular flexibility index (Phi) is 8.47. The number of fused-ring (bicyclic) bond motifs is 8. The van der Waals surface area contributed by atoms with Gasteiger partial charge in [-0.3, -0.25) is 0 Å². The second-order valence-corrected chi connectivity index (χ2v) is 19.1. The van der Waals surface area contributed by atoms with E-state index in [0.717, 1.165) is 0 Å². The average Bonchev–Trinajstić information content (AvgIpc) is 3.90. The van der Waals surface area contributed by atoms with Gasteiger partial charge < -0.3 is 4.57 Å². The summed E-state index contributed by atoms with van der Waals surface area (Å²) >= 11 is 0.